The van der Waals surface area contributed by atoms with Crippen LogP contribution >= 0.6 is 11.8 Å². The molecule has 0 fully saturated rings. The second kappa shape index (κ2) is 6.87. The number of rotatable bonds is 8. The highest BCUT2D eigenvalue weighted by Gasteiger charge is 2.23. The normalized spacial score (nSPS) is 18.2. The van der Waals surface area contributed by atoms with Gasteiger partial charge in [0, 0.05) is 10.00 Å². The van der Waals surface area contributed by atoms with Crippen LogP contribution in [0.4, 0.5) is 0 Å². The zero-order valence-corrected chi connectivity index (χ0v) is 12.6. The molecule has 0 amide bonds. The van der Waals surface area contributed by atoms with Crippen molar-refractivity contribution in [3.8, 4) is 0 Å². The quantitative estimate of drug-likeness (QED) is 0.645. The predicted molar refractivity (Wildman–Crippen MR) is 75.0 cm³/mol. The molecular formula is C13H29NOS. The van der Waals surface area contributed by atoms with Gasteiger partial charge in [0.15, 0.2) is 0 Å². The van der Waals surface area contributed by atoms with Crippen molar-refractivity contribution in [2.75, 3.05) is 6.54 Å². The first kappa shape index (κ1) is 16.3. The van der Waals surface area contributed by atoms with Crippen molar-refractivity contribution in [3.63, 3.8) is 0 Å². The summed E-state index contributed by atoms with van der Waals surface area (Å²) >= 11 is 2.04. The second-order valence-electron chi connectivity index (χ2n) is 5.40. The van der Waals surface area contributed by atoms with Gasteiger partial charge >= 0.3 is 0 Å². The van der Waals surface area contributed by atoms with Crippen LogP contribution in [-0.2, 0) is 0 Å². The minimum Gasteiger partial charge on any atom is -0.376 e. The maximum atomic E-state index is 9.83. The summed E-state index contributed by atoms with van der Waals surface area (Å²) < 4.78 is 0.284. The van der Waals surface area contributed by atoms with Crippen LogP contribution < -0.4 is 5.32 Å². The molecule has 0 aromatic rings. The van der Waals surface area contributed by atoms with Crippen LogP contribution in [0.25, 0.3) is 0 Å². The van der Waals surface area contributed by atoms with Gasteiger partial charge in [0.05, 0.1) is 0 Å². The lowest BCUT2D eigenvalue weighted by Crippen LogP contribution is -2.43. The first-order chi connectivity index (χ1) is 7.22. The predicted octanol–water partition coefficient (Wildman–Crippen LogP) is 3.39. The fourth-order valence-electron chi connectivity index (χ4n) is 1.44. The Bertz CT molecular complexity index is 192. The fraction of sp³-hybridized carbons (Fsp3) is 1.00. The molecule has 0 aromatic heterocycles. The van der Waals surface area contributed by atoms with Gasteiger partial charge < -0.3 is 5.11 Å². The van der Waals surface area contributed by atoms with E-state index in [1.54, 1.807) is 0 Å². The van der Waals surface area contributed by atoms with Crippen LogP contribution in [0, 0.1) is 0 Å². The van der Waals surface area contributed by atoms with Crippen molar-refractivity contribution >= 4 is 11.8 Å². The van der Waals surface area contributed by atoms with E-state index >= 15 is 0 Å². The van der Waals surface area contributed by atoms with E-state index in [1.807, 2.05) is 25.6 Å². The van der Waals surface area contributed by atoms with Gasteiger partial charge in [-0.15, -0.1) is 0 Å². The minimum absolute atomic E-state index is 0.284. The smallest absolute Gasteiger partial charge is 0.112 e. The Morgan fingerprint density at radius 2 is 1.81 bits per heavy atom. The number of hydrogen-bond donors (Lipinski definition) is 2. The standard InChI is InChI=1S/C13H29NOS/c1-7-11(3)16-12(4,5)9-10-14-13(6,15)8-2/h11,14-15H,7-10H2,1-6H3. The van der Waals surface area contributed by atoms with Gasteiger partial charge in [0.25, 0.3) is 0 Å². The summed E-state index contributed by atoms with van der Waals surface area (Å²) in [5.74, 6) is 0. The molecule has 0 aliphatic rings. The molecule has 2 unspecified atom stereocenters. The fourth-order valence-corrected chi connectivity index (χ4v) is 2.92. The van der Waals surface area contributed by atoms with Gasteiger partial charge in [-0.3, -0.25) is 5.32 Å². The molecule has 2 nitrogen and oxygen atoms in total. The number of aliphatic hydroxyl groups is 1. The highest BCUT2D eigenvalue weighted by Crippen LogP contribution is 2.32. The van der Waals surface area contributed by atoms with Gasteiger partial charge in [-0.25, -0.2) is 0 Å². The van der Waals surface area contributed by atoms with E-state index in [0.29, 0.717) is 5.25 Å². The second-order valence-corrected chi connectivity index (χ2v) is 7.55. The minimum atomic E-state index is -0.711. The van der Waals surface area contributed by atoms with Crippen LogP contribution in [-0.4, -0.2) is 27.4 Å². The summed E-state index contributed by atoms with van der Waals surface area (Å²) in [5, 5.41) is 13.7. The molecule has 0 saturated heterocycles. The summed E-state index contributed by atoms with van der Waals surface area (Å²) in [7, 11) is 0. The van der Waals surface area contributed by atoms with E-state index in [9.17, 15) is 5.11 Å². The summed E-state index contributed by atoms with van der Waals surface area (Å²) in [4.78, 5) is 0. The Morgan fingerprint density at radius 1 is 1.25 bits per heavy atom. The molecule has 3 heteroatoms. The molecule has 0 saturated carbocycles. The van der Waals surface area contributed by atoms with Crippen molar-refractivity contribution in [2.24, 2.45) is 0 Å². The van der Waals surface area contributed by atoms with E-state index in [2.05, 4.69) is 33.0 Å². The van der Waals surface area contributed by atoms with Crippen molar-refractivity contribution in [2.45, 2.75) is 76.5 Å². The summed E-state index contributed by atoms with van der Waals surface area (Å²) in [6.07, 6.45) is 3.04. The van der Waals surface area contributed by atoms with E-state index in [0.717, 1.165) is 19.4 Å². The van der Waals surface area contributed by atoms with E-state index in [-0.39, 0.29) is 4.75 Å². The molecular weight excluding hydrogens is 218 g/mol. The maximum Gasteiger partial charge on any atom is 0.112 e. The van der Waals surface area contributed by atoms with E-state index < -0.39 is 5.72 Å². The molecule has 0 spiro atoms. The van der Waals surface area contributed by atoms with Crippen molar-refractivity contribution in [1.29, 1.82) is 0 Å². The Kier molecular flexibility index (Phi) is 6.99. The Labute approximate surface area is 106 Å². The molecule has 0 radical (unpaired) electrons. The summed E-state index contributed by atoms with van der Waals surface area (Å²) in [6, 6.07) is 0. The first-order valence-corrected chi connectivity index (χ1v) is 7.25. The largest absolute Gasteiger partial charge is 0.376 e. The third-order valence-electron chi connectivity index (χ3n) is 3.02. The zero-order valence-electron chi connectivity index (χ0n) is 11.8. The van der Waals surface area contributed by atoms with Gasteiger partial charge in [-0.2, -0.15) is 11.8 Å². The summed E-state index contributed by atoms with van der Waals surface area (Å²) in [5.41, 5.74) is -0.711. The summed E-state index contributed by atoms with van der Waals surface area (Å²) in [6.45, 7) is 13.8. The van der Waals surface area contributed by atoms with Crippen molar-refractivity contribution in [3.05, 3.63) is 0 Å². The average Bonchev–Trinajstić information content (AvgIpc) is 2.16. The molecule has 0 rings (SSSR count). The van der Waals surface area contributed by atoms with Crippen LogP contribution in [0.5, 0.6) is 0 Å². The molecule has 2 atom stereocenters. The van der Waals surface area contributed by atoms with Gasteiger partial charge in [0.2, 0.25) is 0 Å². The van der Waals surface area contributed by atoms with Crippen molar-refractivity contribution < 1.29 is 5.11 Å². The molecule has 0 aliphatic heterocycles. The Hall–Kier alpha value is 0.270. The highest BCUT2D eigenvalue weighted by molar-refractivity contribution is 8.01. The highest BCUT2D eigenvalue weighted by atomic mass is 32.2. The van der Waals surface area contributed by atoms with E-state index in [1.165, 1.54) is 6.42 Å². The third kappa shape index (κ3) is 7.53. The van der Waals surface area contributed by atoms with Gasteiger partial charge in [-0.1, -0.05) is 34.6 Å². The topological polar surface area (TPSA) is 32.3 Å². The van der Waals surface area contributed by atoms with Crippen LogP contribution in [0.3, 0.4) is 0 Å². The number of nitrogens with one attached hydrogen (secondary N) is 1. The lowest BCUT2D eigenvalue weighted by molar-refractivity contribution is 0.0200. The number of thioether (sulfide) groups is 1. The van der Waals surface area contributed by atoms with E-state index in [4.69, 9.17) is 0 Å². The first-order valence-electron chi connectivity index (χ1n) is 6.37. The lowest BCUT2D eigenvalue weighted by Gasteiger charge is -2.30. The third-order valence-corrected chi connectivity index (χ3v) is 4.59. The van der Waals surface area contributed by atoms with Crippen LogP contribution in [0.15, 0.2) is 0 Å². The Balaban J connectivity index is 3.90. The van der Waals surface area contributed by atoms with Gasteiger partial charge in [-0.05, 0) is 32.7 Å². The van der Waals surface area contributed by atoms with Crippen molar-refractivity contribution in [1.82, 2.24) is 5.32 Å². The molecule has 2 N–H and O–H groups in total. The molecule has 16 heavy (non-hydrogen) atoms. The molecule has 0 aromatic carbocycles. The monoisotopic (exact) mass is 247 g/mol. The molecule has 98 valence electrons. The van der Waals surface area contributed by atoms with Gasteiger partial charge in [0.1, 0.15) is 5.72 Å². The average molecular weight is 247 g/mol. The zero-order chi connectivity index (χ0) is 12.8. The lowest BCUT2D eigenvalue weighted by atomic mass is 10.1. The molecule has 0 bridgehead atoms. The van der Waals surface area contributed by atoms with Crippen LogP contribution in [0.2, 0.25) is 0 Å². The maximum absolute atomic E-state index is 9.83. The molecule has 0 heterocycles. The SMILES string of the molecule is CCC(C)SC(C)(C)CCNC(C)(O)CC. The Morgan fingerprint density at radius 3 is 2.25 bits per heavy atom. The number of hydrogen-bond acceptors (Lipinski definition) is 3. The molecule has 0 aliphatic carbocycles. The van der Waals surface area contributed by atoms with Crippen LogP contribution in [0.1, 0.15) is 60.8 Å².